The van der Waals surface area contributed by atoms with Crippen LogP contribution in [0, 0.1) is 0 Å². The summed E-state index contributed by atoms with van der Waals surface area (Å²) in [4.78, 5) is 24.0. The summed E-state index contributed by atoms with van der Waals surface area (Å²) in [7, 11) is 0. The number of hydrogen-bond acceptors (Lipinski definition) is 5. The molecule has 0 aliphatic rings. The van der Waals surface area contributed by atoms with Crippen molar-refractivity contribution in [3.8, 4) is 11.5 Å². The number of anilines is 1. The minimum absolute atomic E-state index is 0.167. The fourth-order valence-corrected chi connectivity index (χ4v) is 2.78. The highest BCUT2D eigenvalue weighted by Crippen LogP contribution is 2.29. The molecule has 0 aliphatic heterocycles. The first-order valence-corrected chi connectivity index (χ1v) is 9.08. The molecule has 0 fully saturated rings. The zero-order chi connectivity index (χ0) is 18.1. The van der Waals surface area contributed by atoms with E-state index >= 15 is 0 Å². The van der Waals surface area contributed by atoms with Crippen LogP contribution in [0.25, 0.3) is 0 Å². The van der Waals surface area contributed by atoms with Crippen LogP contribution in [-0.2, 0) is 4.79 Å². The molecule has 2 rings (SSSR count). The van der Waals surface area contributed by atoms with Crippen LogP contribution >= 0.6 is 11.3 Å². The van der Waals surface area contributed by atoms with Crippen molar-refractivity contribution in [2.75, 3.05) is 25.1 Å². The molecule has 2 N–H and O–H groups in total. The van der Waals surface area contributed by atoms with E-state index in [0.29, 0.717) is 36.0 Å². The van der Waals surface area contributed by atoms with E-state index in [1.165, 1.54) is 11.3 Å². The summed E-state index contributed by atoms with van der Waals surface area (Å²) in [5.74, 6) is 0.858. The minimum atomic E-state index is -0.208. The molecular formula is C18H22N2O4S. The molecule has 1 aromatic heterocycles. The Kier molecular flexibility index (Phi) is 7.28. The highest BCUT2D eigenvalue weighted by molar-refractivity contribution is 7.08. The maximum Gasteiger partial charge on any atom is 0.252 e. The minimum Gasteiger partial charge on any atom is -0.494 e. The summed E-state index contributed by atoms with van der Waals surface area (Å²) in [6, 6.07) is 7.04. The second-order valence-corrected chi connectivity index (χ2v) is 5.87. The van der Waals surface area contributed by atoms with Gasteiger partial charge in [-0.2, -0.15) is 11.3 Å². The monoisotopic (exact) mass is 362 g/mol. The van der Waals surface area contributed by atoms with E-state index < -0.39 is 0 Å². The average Bonchev–Trinajstić information content (AvgIpc) is 3.12. The predicted molar refractivity (Wildman–Crippen MR) is 98.7 cm³/mol. The van der Waals surface area contributed by atoms with Crippen LogP contribution in [-0.4, -0.2) is 31.6 Å². The Labute approximate surface area is 151 Å². The number of benzene rings is 1. The first-order chi connectivity index (χ1) is 12.1. The molecule has 2 amide bonds. The second-order valence-electron chi connectivity index (χ2n) is 5.09. The molecule has 134 valence electrons. The molecule has 6 nitrogen and oxygen atoms in total. The number of carbonyl (C=O) groups is 2. The summed E-state index contributed by atoms with van der Waals surface area (Å²) in [5.41, 5.74) is 1.16. The molecule has 0 saturated carbocycles. The van der Waals surface area contributed by atoms with Gasteiger partial charge in [-0.3, -0.25) is 9.59 Å². The maximum atomic E-state index is 12.1. The highest BCUT2D eigenvalue weighted by atomic mass is 32.1. The lowest BCUT2D eigenvalue weighted by Gasteiger charge is -2.13. The topological polar surface area (TPSA) is 76.7 Å². The van der Waals surface area contributed by atoms with Crippen molar-refractivity contribution in [3.63, 3.8) is 0 Å². The Bertz CT molecular complexity index is 701. The van der Waals surface area contributed by atoms with E-state index in [9.17, 15) is 9.59 Å². The average molecular weight is 362 g/mol. The van der Waals surface area contributed by atoms with Gasteiger partial charge in [0.05, 0.1) is 18.9 Å². The van der Waals surface area contributed by atoms with Gasteiger partial charge in [0.2, 0.25) is 5.91 Å². The molecule has 0 atom stereocenters. The van der Waals surface area contributed by atoms with Gasteiger partial charge in [-0.25, -0.2) is 0 Å². The van der Waals surface area contributed by atoms with Crippen LogP contribution in [0.4, 0.5) is 5.69 Å². The zero-order valence-corrected chi connectivity index (χ0v) is 15.2. The number of rotatable bonds is 9. The number of carbonyl (C=O) groups excluding carboxylic acids is 2. The molecule has 0 bridgehead atoms. The van der Waals surface area contributed by atoms with Gasteiger partial charge in [0.25, 0.3) is 5.91 Å². The van der Waals surface area contributed by atoms with Crippen molar-refractivity contribution < 1.29 is 19.1 Å². The van der Waals surface area contributed by atoms with Gasteiger partial charge in [0.1, 0.15) is 11.5 Å². The smallest absolute Gasteiger partial charge is 0.252 e. The Balaban J connectivity index is 1.90. The Morgan fingerprint density at radius 1 is 1.12 bits per heavy atom. The first kappa shape index (κ1) is 18.8. The van der Waals surface area contributed by atoms with Gasteiger partial charge in [0.15, 0.2) is 0 Å². The van der Waals surface area contributed by atoms with Gasteiger partial charge in [0, 0.05) is 30.0 Å². The number of hydrogen-bond donors (Lipinski definition) is 2. The van der Waals surface area contributed by atoms with Crippen LogP contribution in [0.15, 0.2) is 35.0 Å². The van der Waals surface area contributed by atoms with E-state index in [0.717, 1.165) is 0 Å². The molecule has 2 aromatic rings. The van der Waals surface area contributed by atoms with E-state index in [2.05, 4.69) is 10.6 Å². The summed E-state index contributed by atoms with van der Waals surface area (Å²) >= 11 is 1.46. The predicted octanol–water partition coefficient (Wildman–Crippen LogP) is 3.30. The zero-order valence-electron chi connectivity index (χ0n) is 14.3. The summed E-state index contributed by atoms with van der Waals surface area (Å²) < 4.78 is 11.0. The fraction of sp³-hybridized carbons (Fsp3) is 0.333. The molecule has 0 unspecified atom stereocenters. The normalized spacial score (nSPS) is 10.2. The van der Waals surface area contributed by atoms with E-state index in [1.54, 1.807) is 29.6 Å². The number of thiophene rings is 1. The lowest BCUT2D eigenvalue weighted by molar-refractivity contribution is -0.116. The molecule has 25 heavy (non-hydrogen) atoms. The van der Waals surface area contributed by atoms with Crippen molar-refractivity contribution in [2.45, 2.75) is 20.3 Å². The molecule has 0 spiro atoms. The highest BCUT2D eigenvalue weighted by Gasteiger charge is 2.11. The lowest BCUT2D eigenvalue weighted by atomic mass is 10.2. The Morgan fingerprint density at radius 2 is 1.92 bits per heavy atom. The Morgan fingerprint density at radius 3 is 2.60 bits per heavy atom. The molecule has 0 radical (unpaired) electrons. The fourth-order valence-electron chi connectivity index (χ4n) is 2.14. The first-order valence-electron chi connectivity index (χ1n) is 8.14. The van der Waals surface area contributed by atoms with Crippen LogP contribution in [0.2, 0.25) is 0 Å². The third kappa shape index (κ3) is 5.79. The molecule has 1 heterocycles. The van der Waals surface area contributed by atoms with Gasteiger partial charge >= 0.3 is 0 Å². The quantitative estimate of drug-likeness (QED) is 0.717. The SMILES string of the molecule is CCOc1ccc(OCC)c(NC(=O)CCNC(=O)c2ccsc2)c1. The largest absolute Gasteiger partial charge is 0.494 e. The lowest BCUT2D eigenvalue weighted by Crippen LogP contribution is -2.27. The summed E-state index contributed by atoms with van der Waals surface area (Å²) in [6.07, 6.45) is 0.167. The summed E-state index contributed by atoms with van der Waals surface area (Å²) in [5, 5.41) is 9.14. The van der Waals surface area contributed by atoms with Crippen molar-refractivity contribution in [3.05, 3.63) is 40.6 Å². The number of ether oxygens (including phenoxy) is 2. The van der Waals surface area contributed by atoms with Crippen LogP contribution in [0.5, 0.6) is 11.5 Å². The molecule has 0 saturated heterocycles. The molecule has 0 aliphatic carbocycles. The third-order valence-electron chi connectivity index (χ3n) is 3.26. The van der Waals surface area contributed by atoms with Crippen molar-refractivity contribution >= 4 is 28.8 Å². The molecule has 1 aromatic carbocycles. The van der Waals surface area contributed by atoms with Crippen LogP contribution in [0.1, 0.15) is 30.6 Å². The van der Waals surface area contributed by atoms with Crippen molar-refractivity contribution in [1.82, 2.24) is 5.32 Å². The second kappa shape index (κ2) is 9.68. The standard InChI is InChI=1S/C18H22N2O4S/c1-3-23-14-5-6-16(24-4-2)15(11-14)20-17(21)7-9-19-18(22)13-8-10-25-12-13/h5-6,8,10-12H,3-4,7,9H2,1-2H3,(H,19,22)(H,20,21). The number of nitrogens with one attached hydrogen (secondary N) is 2. The van der Waals surface area contributed by atoms with Gasteiger partial charge < -0.3 is 20.1 Å². The third-order valence-corrected chi connectivity index (χ3v) is 3.94. The van der Waals surface area contributed by atoms with Crippen LogP contribution < -0.4 is 20.1 Å². The van der Waals surface area contributed by atoms with Crippen molar-refractivity contribution in [2.24, 2.45) is 0 Å². The van der Waals surface area contributed by atoms with Gasteiger partial charge in [-0.1, -0.05) is 0 Å². The van der Waals surface area contributed by atoms with Crippen LogP contribution in [0.3, 0.4) is 0 Å². The molecule has 7 heteroatoms. The van der Waals surface area contributed by atoms with Crippen molar-refractivity contribution in [1.29, 1.82) is 0 Å². The number of amides is 2. The Hall–Kier alpha value is -2.54. The summed E-state index contributed by atoms with van der Waals surface area (Å²) in [6.45, 7) is 5.06. The molecular weight excluding hydrogens is 340 g/mol. The van der Waals surface area contributed by atoms with E-state index in [-0.39, 0.29) is 24.8 Å². The van der Waals surface area contributed by atoms with E-state index in [4.69, 9.17) is 9.47 Å². The van der Waals surface area contributed by atoms with Gasteiger partial charge in [-0.05, 0) is 37.4 Å². The maximum absolute atomic E-state index is 12.1. The van der Waals surface area contributed by atoms with E-state index in [1.807, 2.05) is 19.2 Å². The van der Waals surface area contributed by atoms with Gasteiger partial charge in [-0.15, -0.1) is 0 Å².